The fourth-order valence-corrected chi connectivity index (χ4v) is 1.66. The van der Waals surface area contributed by atoms with Crippen molar-refractivity contribution < 1.29 is 4.79 Å². The molecule has 1 aliphatic heterocycles. The first kappa shape index (κ1) is 11.1. The van der Waals surface area contributed by atoms with Gasteiger partial charge < -0.3 is 10.6 Å². The average Bonchev–Trinajstić information content (AvgIpc) is 2.15. The summed E-state index contributed by atoms with van der Waals surface area (Å²) in [6.07, 6.45) is 0. The van der Waals surface area contributed by atoms with Crippen LogP contribution in [0, 0.1) is 0 Å². The fourth-order valence-electron chi connectivity index (χ4n) is 1.66. The minimum absolute atomic E-state index is 0.0422. The van der Waals surface area contributed by atoms with Crippen molar-refractivity contribution in [3.63, 3.8) is 0 Å². The summed E-state index contributed by atoms with van der Waals surface area (Å²) >= 11 is 0. The zero-order chi connectivity index (χ0) is 11.4. The lowest BCUT2D eigenvalue weighted by Crippen LogP contribution is -2.57. The molecule has 0 bridgehead atoms. The number of hydrogen-bond acceptors (Lipinski definition) is 3. The number of amides is 1. The standard InChI is InChI=1S/C12H17N3O/c1-15(11-7-13-8-11)9-12(16)14-10-5-3-2-4-6-10/h2-6,11,13H,7-9H2,1H3,(H,14,16). The largest absolute Gasteiger partial charge is 0.325 e. The van der Waals surface area contributed by atoms with Gasteiger partial charge in [0.2, 0.25) is 5.91 Å². The summed E-state index contributed by atoms with van der Waals surface area (Å²) in [5.41, 5.74) is 0.854. The smallest absolute Gasteiger partial charge is 0.238 e. The number of rotatable bonds is 4. The van der Waals surface area contributed by atoms with Gasteiger partial charge in [0.1, 0.15) is 0 Å². The summed E-state index contributed by atoms with van der Waals surface area (Å²) in [6.45, 7) is 2.41. The summed E-state index contributed by atoms with van der Waals surface area (Å²) in [5.74, 6) is 0.0422. The van der Waals surface area contributed by atoms with E-state index in [1.165, 1.54) is 0 Å². The van der Waals surface area contributed by atoms with E-state index in [0.717, 1.165) is 18.8 Å². The van der Waals surface area contributed by atoms with Gasteiger partial charge in [-0.3, -0.25) is 9.69 Å². The monoisotopic (exact) mass is 219 g/mol. The molecule has 0 radical (unpaired) electrons. The van der Waals surface area contributed by atoms with E-state index in [4.69, 9.17) is 0 Å². The molecule has 4 nitrogen and oxygen atoms in total. The van der Waals surface area contributed by atoms with Gasteiger partial charge >= 0.3 is 0 Å². The number of likely N-dealkylation sites (N-methyl/N-ethyl adjacent to an activating group) is 1. The summed E-state index contributed by atoms with van der Waals surface area (Å²) in [6, 6.07) is 10.0. The first-order chi connectivity index (χ1) is 7.75. The second-order valence-electron chi connectivity index (χ2n) is 4.14. The van der Waals surface area contributed by atoms with E-state index in [0.29, 0.717) is 12.6 Å². The van der Waals surface area contributed by atoms with Crippen LogP contribution < -0.4 is 10.6 Å². The number of hydrogen-bond donors (Lipinski definition) is 2. The number of nitrogens with zero attached hydrogens (tertiary/aromatic N) is 1. The maximum atomic E-state index is 11.7. The molecule has 0 saturated carbocycles. The molecule has 0 unspecified atom stereocenters. The molecule has 1 fully saturated rings. The number of para-hydroxylation sites is 1. The Balaban J connectivity index is 1.80. The fraction of sp³-hybridized carbons (Fsp3) is 0.417. The minimum Gasteiger partial charge on any atom is -0.325 e. The molecular formula is C12H17N3O. The van der Waals surface area contributed by atoms with Crippen LogP contribution in [0.4, 0.5) is 5.69 Å². The average molecular weight is 219 g/mol. The van der Waals surface area contributed by atoms with E-state index in [-0.39, 0.29) is 5.91 Å². The van der Waals surface area contributed by atoms with Crippen molar-refractivity contribution in [2.24, 2.45) is 0 Å². The predicted octanol–water partition coefficient (Wildman–Crippen LogP) is 0.529. The molecule has 0 spiro atoms. The highest BCUT2D eigenvalue weighted by Gasteiger charge is 2.22. The molecule has 1 saturated heterocycles. The van der Waals surface area contributed by atoms with Gasteiger partial charge in [0.05, 0.1) is 6.54 Å². The Hall–Kier alpha value is -1.39. The third kappa shape index (κ3) is 2.81. The van der Waals surface area contributed by atoms with Crippen molar-refractivity contribution in [1.29, 1.82) is 0 Å². The molecule has 0 aliphatic carbocycles. The van der Waals surface area contributed by atoms with Crippen LogP contribution >= 0.6 is 0 Å². The number of carbonyl (C=O) groups excluding carboxylic acids is 1. The van der Waals surface area contributed by atoms with E-state index in [1.807, 2.05) is 37.4 Å². The lowest BCUT2D eigenvalue weighted by Gasteiger charge is -2.35. The first-order valence-electron chi connectivity index (χ1n) is 5.51. The molecule has 0 atom stereocenters. The summed E-state index contributed by atoms with van der Waals surface area (Å²) in [7, 11) is 1.98. The Morgan fingerprint density at radius 2 is 2.12 bits per heavy atom. The maximum Gasteiger partial charge on any atom is 0.238 e. The van der Waals surface area contributed by atoms with Crippen molar-refractivity contribution in [2.45, 2.75) is 6.04 Å². The van der Waals surface area contributed by atoms with E-state index >= 15 is 0 Å². The molecule has 1 amide bonds. The lowest BCUT2D eigenvalue weighted by molar-refractivity contribution is -0.117. The third-order valence-electron chi connectivity index (χ3n) is 2.83. The van der Waals surface area contributed by atoms with E-state index in [2.05, 4.69) is 15.5 Å². The Kier molecular flexibility index (Phi) is 3.54. The van der Waals surface area contributed by atoms with Gasteiger partial charge in [-0.2, -0.15) is 0 Å². The molecule has 4 heteroatoms. The van der Waals surface area contributed by atoms with Crippen molar-refractivity contribution >= 4 is 11.6 Å². The van der Waals surface area contributed by atoms with Crippen molar-refractivity contribution in [3.05, 3.63) is 30.3 Å². The highest BCUT2D eigenvalue weighted by atomic mass is 16.2. The van der Waals surface area contributed by atoms with Crippen LogP contribution in [0.25, 0.3) is 0 Å². The van der Waals surface area contributed by atoms with Gasteiger partial charge in [0.15, 0.2) is 0 Å². The molecule has 16 heavy (non-hydrogen) atoms. The number of anilines is 1. The molecule has 1 aliphatic rings. The van der Waals surface area contributed by atoms with E-state index in [1.54, 1.807) is 0 Å². The quantitative estimate of drug-likeness (QED) is 0.776. The molecule has 1 aromatic carbocycles. The second-order valence-corrected chi connectivity index (χ2v) is 4.14. The first-order valence-corrected chi connectivity index (χ1v) is 5.51. The zero-order valence-corrected chi connectivity index (χ0v) is 9.44. The highest BCUT2D eigenvalue weighted by Crippen LogP contribution is 2.06. The summed E-state index contributed by atoms with van der Waals surface area (Å²) in [4.78, 5) is 13.8. The topological polar surface area (TPSA) is 44.4 Å². The van der Waals surface area contributed by atoms with Crippen LogP contribution in [0.15, 0.2) is 30.3 Å². The summed E-state index contributed by atoms with van der Waals surface area (Å²) in [5, 5.41) is 6.07. The Labute approximate surface area is 95.6 Å². The number of benzene rings is 1. The van der Waals surface area contributed by atoms with Gasteiger partial charge in [-0.1, -0.05) is 18.2 Å². The van der Waals surface area contributed by atoms with Crippen molar-refractivity contribution in [2.75, 3.05) is 32.0 Å². The molecule has 2 rings (SSSR count). The van der Waals surface area contributed by atoms with Gasteiger partial charge in [0.25, 0.3) is 0 Å². The molecular weight excluding hydrogens is 202 g/mol. The molecule has 2 N–H and O–H groups in total. The van der Waals surface area contributed by atoms with Gasteiger partial charge in [-0.05, 0) is 19.2 Å². The Bertz CT molecular complexity index is 349. The van der Waals surface area contributed by atoms with Crippen LogP contribution in [-0.2, 0) is 4.79 Å². The maximum absolute atomic E-state index is 11.7. The minimum atomic E-state index is 0.0422. The normalized spacial score (nSPS) is 15.9. The van der Waals surface area contributed by atoms with Crippen LogP contribution in [0.2, 0.25) is 0 Å². The Morgan fingerprint density at radius 3 is 2.69 bits per heavy atom. The molecule has 86 valence electrons. The van der Waals surface area contributed by atoms with Crippen LogP contribution in [-0.4, -0.2) is 43.5 Å². The van der Waals surface area contributed by atoms with Gasteiger partial charge in [0, 0.05) is 24.8 Å². The number of nitrogens with one attached hydrogen (secondary N) is 2. The lowest BCUT2D eigenvalue weighted by atomic mass is 10.1. The van der Waals surface area contributed by atoms with Crippen molar-refractivity contribution in [1.82, 2.24) is 10.2 Å². The van der Waals surface area contributed by atoms with E-state index < -0.39 is 0 Å². The van der Waals surface area contributed by atoms with Crippen LogP contribution in [0.1, 0.15) is 0 Å². The van der Waals surface area contributed by atoms with Crippen LogP contribution in [0.5, 0.6) is 0 Å². The number of carbonyl (C=O) groups is 1. The van der Waals surface area contributed by atoms with Crippen molar-refractivity contribution in [3.8, 4) is 0 Å². The highest BCUT2D eigenvalue weighted by molar-refractivity contribution is 5.92. The van der Waals surface area contributed by atoms with E-state index in [9.17, 15) is 4.79 Å². The van der Waals surface area contributed by atoms with Crippen LogP contribution in [0.3, 0.4) is 0 Å². The zero-order valence-electron chi connectivity index (χ0n) is 9.44. The predicted molar refractivity (Wildman–Crippen MR) is 64.4 cm³/mol. The molecule has 0 aromatic heterocycles. The molecule has 1 heterocycles. The van der Waals surface area contributed by atoms with Gasteiger partial charge in [-0.25, -0.2) is 0 Å². The Morgan fingerprint density at radius 1 is 1.44 bits per heavy atom. The second kappa shape index (κ2) is 5.09. The summed E-state index contributed by atoms with van der Waals surface area (Å²) < 4.78 is 0. The third-order valence-corrected chi connectivity index (χ3v) is 2.83. The molecule has 1 aromatic rings. The SMILES string of the molecule is CN(CC(=O)Nc1ccccc1)C1CNC1. The van der Waals surface area contributed by atoms with Gasteiger partial charge in [-0.15, -0.1) is 0 Å².